The van der Waals surface area contributed by atoms with E-state index in [1.165, 1.54) is 12.1 Å². The van der Waals surface area contributed by atoms with E-state index in [2.05, 4.69) is 5.32 Å². The summed E-state index contributed by atoms with van der Waals surface area (Å²) in [6.07, 6.45) is 0. The van der Waals surface area contributed by atoms with E-state index in [0.29, 0.717) is 11.4 Å². The molecule has 0 aliphatic carbocycles. The molecule has 1 aromatic carbocycles. The van der Waals surface area contributed by atoms with E-state index < -0.39 is 5.54 Å². The Bertz CT molecular complexity index is 460. The number of anilines is 1. The Morgan fingerprint density at radius 1 is 1.56 bits per heavy atom. The zero-order valence-corrected chi connectivity index (χ0v) is 11.3. The Hall–Kier alpha value is -1.23. The highest BCUT2D eigenvalue weighted by atomic mass is 32.2. The summed E-state index contributed by atoms with van der Waals surface area (Å²) in [6.45, 7) is 3.81. The molecule has 0 aromatic heterocycles. The molecule has 2 unspecified atom stereocenters. The second-order valence-corrected chi connectivity index (χ2v) is 5.92. The number of rotatable bonds is 3. The molecule has 0 spiro atoms. The van der Waals surface area contributed by atoms with Crippen molar-refractivity contribution in [2.75, 3.05) is 16.8 Å². The molecule has 1 aromatic rings. The minimum atomic E-state index is -0.773. The van der Waals surface area contributed by atoms with Crippen LogP contribution in [0.4, 0.5) is 10.1 Å². The van der Waals surface area contributed by atoms with Crippen molar-refractivity contribution in [2.24, 2.45) is 11.7 Å². The van der Waals surface area contributed by atoms with Gasteiger partial charge in [0.1, 0.15) is 11.4 Å². The molecule has 1 saturated heterocycles. The number of amides is 1. The van der Waals surface area contributed by atoms with Crippen LogP contribution in [0, 0.1) is 18.7 Å². The van der Waals surface area contributed by atoms with Gasteiger partial charge in [0.15, 0.2) is 0 Å². The number of carbonyl (C=O) groups excluding carboxylic acids is 1. The van der Waals surface area contributed by atoms with Crippen molar-refractivity contribution in [3.05, 3.63) is 29.6 Å². The Kier molecular flexibility index (Phi) is 3.52. The van der Waals surface area contributed by atoms with E-state index >= 15 is 0 Å². The lowest BCUT2D eigenvalue weighted by molar-refractivity contribution is -0.122. The lowest BCUT2D eigenvalue weighted by Crippen LogP contribution is -2.55. The number of hydrogen-bond acceptors (Lipinski definition) is 3. The number of thioether (sulfide) groups is 1. The van der Waals surface area contributed by atoms with Gasteiger partial charge in [-0.3, -0.25) is 4.79 Å². The van der Waals surface area contributed by atoms with E-state index in [1.807, 2.05) is 19.9 Å². The zero-order valence-electron chi connectivity index (χ0n) is 10.5. The fourth-order valence-electron chi connectivity index (χ4n) is 2.28. The molecule has 1 aliphatic heterocycles. The molecule has 0 radical (unpaired) electrons. The normalized spacial score (nSPS) is 27.2. The number of hydrogen-bond donors (Lipinski definition) is 2. The van der Waals surface area contributed by atoms with E-state index in [0.717, 1.165) is 11.3 Å². The van der Waals surface area contributed by atoms with Crippen molar-refractivity contribution in [1.82, 2.24) is 0 Å². The smallest absolute Gasteiger partial charge is 0.244 e. The molecule has 3 nitrogen and oxygen atoms in total. The van der Waals surface area contributed by atoms with Crippen molar-refractivity contribution in [3.63, 3.8) is 0 Å². The summed E-state index contributed by atoms with van der Waals surface area (Å²) in [6, 6.07) is 4.67. The van der Waals surface area contributed by atoms with Gasteiger partial charge in [-0.2, -0.15) is 11.8 Å². The molecule has 2 atom stereocenters. The number of primary amides is 1. The third kappa shape index (κ3) is 2.32. The second kappa shape index (κ2) is 4.80. The SMILES string of the molecule is Cc1cc(F)cc(NC2(C(N)=O)CSCC2C)c1. The summed E-state index contributed by atoms with van der Waals surface area (Å²) in [5.41, 5.74) is 6.19. The molecule has 1 heterocycles. The third-order valence-corrected chi connectivity index (χ3v) is 4.78. The van der Waals surface area contributed by atoms with Crippen LogP contribution >= 0.6 is 11.8 Å². The predicted octanol–water partition coefficient (Wildman–Crippen LogP) is 2.15. The molecule has 0 bridgehead atoms. The van der Waals surface area contributed by atoms with Gasteiger partial charge in [-0.05, 0) is 42.4 Å². The zero-order chi connectivity index (χ0) is 13.3. The molecular formula is C13H17FN2OS. The van der Waals surface area contributed by atoms with Gasteiger partial charge >= 0.3 is 0 Å². The first-order valence-electron chi connectivity index (χ1n) is 5.87. The van der Waals surface area contributed by atoms with E-state index in [4.69, 9.17) is 5.73 Å². The number of halogens is 1. The van der Waals surface area contributed by atoms with Crippen molar-refractivity contribution in [1.29, 1.82) is 0 Å². The molecule has 18 heavy (non-hydrogen) atoms. The van der Waals surface area contributed by atoms with Crippen LogP contribution in [0.15, 0.2) is 18.2 Å². The minimum Gasteiger partial charge on any atom is -0.370 e. The summed E-state index contributed by atoms with van der Waals surface area (Å²) in [5, 5.41) is 3.15. The third-order valence-electron chi connectivity index (χ3n) is 3.39. The quantitative estimate of drug-likeness (QED) is 0.883. The van der Waals surface area contributed by atoms with Gasteiger partial charge in [-0.1, -0.05) is 6.92 Å². The maximum absolute atomic E-state index is 13.4. The minimum absolute atomic E-state index is 0.128. The van der Waals surface area contributed by atoms with E-state index in [1.54, 1.807) is 11.8 Å². The molecule has 98 valence electrons. The summed E-state index contributed by atoms with van der Waals surface area (Å²) in [7, 11) is 0. The molecule has 1 aliphatic rings. The van der Waals surface area contributed by atoms with Crippen LogP contribution in [-0.2, 0) is 4.79 Å². The van der Waals surface area contributed by atoms with Crippen molar-refractivity contribution in [2.45, 2.75) is 19.4 Å². The van der Waals surface area contributed by atoms with Crippen LogP contribution in [0.1, 0.15) is 12.5 Å². The average molecular weight is 268 g/mol. The van der Waals surface area contributed by atoms with Gasteiger partial charge in [-0.15, -0.1) is 0 Å². The first-order chi connectivity index (χ1) is 8.44. The van der Waals surface area contributed by atoms with Crippen LogP contribution < -0.4 is 11.1 Å². The van der Waals surface area contributed by atoms with E-state index in [-0.39, 0.29) is 17.6 Å². The highest BCUT2D eigenvalue weighted by molar-refractivity contribution is 7.99. The lowest BCUT2D eigenvalue weighted by atomic mass is 9.87. The Labute approximate surface area is 110 Å². The molecule has 5 heteroatoms. The van der Waals surface area contributed by atoms with Gasteiger partial charge in [0.25, 0.3) is 0 Å². The number of aryl methyl sites for hydroxylation is 1. The lowest BCUT2D eigenvalue weighted by Gasteiger charge is -2.31. The van der Waals surface area contributed by atoms with Gasteiger partial charge in [0.2, 0.25) is 5.91 Å². The Balaban J connectivity index is 2.32. The first-order valence-corrected chi connectivity index (χ1v) is 7.02. The molecule has 0 saturated carbocycles. The standard InChI is InChI=1S/C13H17FN2OS/c1-8-3-10(14)5-11(4-8)16-13(12(15)17)7-18-6-9(13)2/h3-5,9,16H,6-7H2,1-2H3,(H2,15,17). The van der Waals surface area contributed by atoms with Crippen LogP contribution in [0.2, 0.25) is 0 Å². The summed E-state index contributed by atoms with van der Waals surface area (Å²) >= 11 is 1.69. The van der Waals surface area contributed by atoms with Crippen molar-refractivity contribution >= 4 is 23.4 Å². The largest absolute Gasteiger partial charge is 0.370 e. The monoisotopic (exact) mass is 268 g/mol. The van der Waals surface area contributed by atoms with Crippen LogP contribution in [-0.4, -0.2) is 23.0 Å². The molecule has 1 fully saturated rings. The fraction of sp³-hybridized carbons (Fsp3) is 0.462. The summed E-state index contributed by atoms with van der Waals surface area (Å²) in [4.78, 5) is 11.8. The average Bonchev–Trinajstić information content (AvgIpc) is 2.59. The predicted molar refractivity (Wildman–Crippen MR) is 73.2 cm³/mol. The maximum Gasteiger partial charge on any atom is 0.244 e. The first kappa shape index (κ1) is 13.2. The molecule has 1 amide bonds. The number of nitrogens with two attached hydrogens (primary N) is 1. The van der Waals surface area contributed by atoms with Crippen molar-refractivity contribution in [3.8, 4) is 0 Å². The Morgan fingerprint density at radius 2 is 2.28 bits per heavy atom. The molecule has 2 rings (SSSR count). The van der Waals surface area contributed by atoms with E-state index in [9.17, 15) is 9.18 Å². The van der Waals surface area contributed by atoms with Gasteiger partial charge in [-0.25, -0.2) is 4.39 Å². The number of carbonyl (C=O) groups is 1. The van der Waals surface area contributed by atoms with Gasteiger partial charge in [0.05, 0.1) is 0 Å². The van der Waals surface area contributed by atoms with Gasteiger partial charge < -0.3 is 11.1 Å². The van der Waals surface area contributed by atoms with Crippen molar-refractivity contribution < 1.29 is 9.18 Å². The van der Waals surface area contributed by atoms with Crippen LogP contribution in [0.25, 0.3) is 0 Å². The maximum atomic E-state index is 13.4. The van der Waals surface area contributed by atoms with Crippen LogP contribution in [0.5, 0.6) is 0 Å². The topological polar surface area (TPSA) is 55.1 Å². The molecule has 3 N–H and O–H groups in total. The Morgan fingerprint density at radius 3 is 2.78 bits per heavy atom. The highest BCUT2D eigenvalue weighted by Crippen LogP contribution is 2.36. The molecular weight excluding hydrogens is 251 g/mol. The van der Waals surface area contributed by atoms with Gasteiger partial charge in [0, 0.05) is 11.4 Å². The number of nitrogens with one attached hydrogen (secondary N) is 1. The highest BCUT2D eigenvalue weighted by Gasteiger charge is 2.46. The second-order valence-electron chi connectivity index (χ2n) is 4.89. The fourth-order valence-corrected chi connectivity index (χ4v) is 3.86. The number of benzene rings is 1. The van der Waals surface area contributed by atoms with Crippen LogP contribution in [0.3, 0.4) is 0 Å². The summed E-state index contributed by atoms with van der Waals surface area (Å²) in [5.74, 6) is 0.949. The summed E-state index contributed by atoms with van der Waals surface area (Å²) < 4.78 is 13.4.